The molecule has 1 N–H and O–H groups in total. The van der Waals surface area contributed by atoms with Crippen LogP contribution in [0.4, 0.5) is 0 Å². The molecule has 0 aromatic heterocycles. The molecular formula is C11H12ClNO3. The van der Waals surface area contributed by atoms with Crippen molar-refractivity contribution in [3.63, 3.8) is 0 Å². The van der Waals surface area contributed by atoms with Crippen molar-refractivity contribution in [3.05, 3.63) is 28.8 Å². The predicted molar refractivity (Wildman–Crippen MR) is 60.1 cm³/mol. The highest BCUT2D eigenvalue weighted by Gasteiger charge is 2.23. The topological polar surface area (TPSA) is 50.9 Å². The number of hydrogen-bond donors (Lipinski definition) is 1. The summed E-state index contributed by atoms with van der Waals surface area (Å²) >= 11 is 5.83. The molecule has 4 nitrogen and oxygen atoms in total. The molecule has 1 aliphatic heterocycles. The molecule has 1 amide bonds. The summed E-state index contributed by atoms with van der Waals surface area (Å²) in [5.74, 6) is 0.313. The molecule has 5 heteroatoms. The highest BCUT2D eigenvalue weighted by molar-refractivity contribution is 6.31. The highest BCUT2D eigenvalue weighted by atomic mass is 35.5. The van der Waals surface area contributed by atoms with Gasteiger partial charge in [0.1, 0.15) is 5.75 Å². The van der Waals surface area contributed by atoms with E-state index in [1.165, 1.54) is 7.11 Å². The molecule has 1 fully saturated rings. The van der Waals surface area contributed by atoms with E-state index in [0.717, 1.165) is 0 Å². The summed E-state index contributed by atoms with van der Waals surface area (Å²) in [6.45, 7) is 1.24. The van der Waals surface area contributed by atoms with E-state index in [4.69, 9.17) is 21.1 Å². The van der Waals surface area contributed by atoms with Crippen molar-refractivity contribution in [2.75, 3.05) is 20.3 Å². The van der Waals surface area contributed by atoms with Gasteiger partial charge in [0.15, 0.2) is 0 Å². The number of epoxide rings is 1. The maximum absolute atomic E-state index is 11.8. The average Bonchev–Trinajstić information content (AvgIpc) is 3.09. The minimum absolute atomic E-state index is 0.161. The summed E-state index contributed by atoms with van der Waals surface area (Å²) in [5.41, 5.74) is 0.440. The number of carbonyl (C=O) groups is 1. The first-order valence-corrected chi connectivity index (χ1v) is 5.32. The van der Waals surface area contributed by atoms with E-state index in [1.54, 1.807) is 18.2 Å². The van der Waals surface area contributed by atoms with Gasteiger partial charge in [-0.15, -0.1) is 0 Å². The second-order valence-corrected chi connectivity index (χ2v) is 3.95. The number of nitrogens with one attached hydrogen (secondary N) is 1. The fourth-order valence-corrected chi connectivity index (χ4v) is 1.52. The lowest BCUT2D eigenvalue weighted by molar-refractivity contribution is 0.0947. The molecule has 0 spiro atoms. The van der Waals surface area contributed by atoms with Crippen LogP contribution in [0.2, 0.25) is 5.02 Å². The number of amides is 1. The molecular weight excluding hydrogens is 230 g/mol. The van der Waals surface area contributed by atoms with E-state index in [2.05, 4.69) is 5.32 Å². The lowest BCUT2D eigenvalue weighted by Crippen LogP contribution is -2.27. The maximum atomic E-state index is 11.8. The van der Waals surface area contributed by atoms with Crippen molar-refractivity contribution < 1.29 is 14.3 Å². The van der Waals surface area contributed by atoms with Crippen molar-refractivity contribution in [3.8, 4) is 5.75 Å². The van der Waals surface area contributed by atoms with E-state index in [1.807, 2.05) is 0 Å². The molecule has 1 aromatic carbocycles. The van der Waals surface area contributed by atoms with Crippen LogP contribution >= 0.6 is 11.6 Å². The number of hydrogen-bond acceptors (Lipinski definition) is 3. The molecule has 0 radical (unpaired) electrons. The Labute approximate surface area is 98.5 Å². The summed E-state index contributed by atoms with van der Waals surface area (Å²) in [4.78, 5) is 11.8. The Hall–Kier alpha value is -1.26. The molecule has 1 heterocycles. The number of rotatable bonds is 4. The first-order valence-electron chi connectivity index (χ1n) is 4.94. The molecule has 0 bridgehead atoms. The van der Waals surface area contributed by atoms with Gasteiger partial charge in [0.25, 0.3) is 5.91 Å². The van der Waals surface area contributed by atoms with Crippen LogP contribution in [0.15, 0.2) is 18.2 Å². The monoisotopic (exact) mass is 241 g/mol. The fourth-order valence-electron chi connectivity index (χ4n) is 1.35. The van der Waals surface area contributed by atoms with Gasteiger partial charge in [-0.3, -0.25) is 4.79 Å². The van der Waals surface area contributed by atoms with Crippen LogP contribution in [0, 0.1) is 0 Å². The number of carbonyl (C=O) groups excluding carboxylic acids is 1. The predicted octanol–water partition coefficient (Wildman–Crippen LogP) is 1.48. The van der Waals surface area contributed by atoms with Crippen molar-refractivity contribution in [1.82, 2.24) is 5.32 Å². The van der Waals surface area contributed by atoms with Crippen LogP contribution in [-0.2, 0) is 4.74 Å². The summed E-state index contributed by atoms with van der Waals surface area (Å²) in [6.07, 6.45) is 0.161. The molecule has 1 atom stereocenters. The Balaban J connectivity index is 2.09. The lowest BCUT2D eigenvalue weighted by atomic mass is 10.2. The van der Waals surface area contributed by atoms with Crippen molar-refractivity contribution >= 4 is 17.5 Å². The number of ether oxygens (including phenoxy) is 2. The van der Waals surface area contributed by atoms with Gasteiger partial charge in [0, 0.05) is 11.6 Å². The lowest BCUT2D eigenvalue weighted by Gasteiger charge is -2.08. The minimum Gasteiger partial charge on any atom is -0.496 e. The van der Waals surface area contributed by atoms with Gasteiger partial charge in [-0.05, 0) is 18.2 Å². The Morgan fingerprint density at radius 3 is 3.06 bits per heavy atom. The van der Waals surface area contributed by atoms with E-state index in [0.29, 0.717) is 29.5 Å². The van der Waals surface area contributed by atoms with Crippen LogP contribution in [0.5, 0.6) is 5.75 Å². The molecule has 1 aliphatic rings. The molecule has 0 aliphatic carbocycles. The fraction of sp³-hybridized carbons (Fsp3) is 0.364. The van der Waals surface area contributed by atoms with Gasteiger partial charge in [-0.25, -0.2) is 0 Å². The third-order valence-corrected chi connectivity index (χ3v) is 2.53. The standard InChI is InChI=1S/C11H12ClNO3/c1-15-10-3-2-7(12)4-9(10)11(14)13-5-8-6-16-8/h2-4,8H,5-6H2,1H3,(H,13,14)/t8-/m0/s1. The van der Waals surface area contributed by atoms with E-state index < -0.39 is 0 Å². The van der Waals surface area contributed by atoms with Gasteiger partial charge >= 0.3 is 0 Å². The van der Waals surface area contributed by atoms with Gasteiger partial charge < -0.3 is 14.8 Å². The zero-order valence-electron chi connectivity index (χ0n) is 8.83. The van der Waals surface area contributed by atoms with Gasteiger partial charge in [0.05, 0.1) is 25.4 Å². The number of methoxy groups -OCH3 is 1. The van der Waals surface area contributed by atoms with Gasteiger partial charge in [-0.2, -0.15) is 0 Å². The van der Waals surface area contributed by atoms with Crippen LogP contribution in [-0.4, -0.2) is 32.3 Å². The largest absolute Gasteiger partial charge is 0.496 e. The Bertz CT molecular complexity index is 404. The number of benzene rings is 1. The SMILES string of the molecule is COc1ccc(Cl)cc1C(=O)NC[C@H]1CO1. The summed E-state index contributed by atoms with van der Waals surface area (Å²) in [6, 6.07) is 4.94. The molecule has 0 saturated carbocycles. The Morgan fingerprint density at radius 2 is 2.44 bits per heavy atom. The van der Waals surface area contributed by atoms with Gasteiger partial charge in [0.2, 0.25) is 0 Å². The molecule has 0 unspecified atom stereocenters. The van der Waals surface area contributed by atoms with E-state index >= 15 is 0 Å². The highest BCUT2D eigenvalue weighted by Crippen LogP contribution is 2.22. The quantitative estimate of drug-likeness (QED) is 0.813. The van der Waals surface area contributed by atoms with E-state index in [9.17, 15) is 4.79 Å². The minimum atomic E-state index is -0.199. The molecule has 1 aromatic rings. The summed E-state index contributed by atoms with van der Waals surface area (Å²) in [7, 11) is 1.52. The van der Waals surface area contributed by atoms with Crippen LogP contribution in [0.3, 0.4) is 0 Å². The zero-order chi connectivity index (χ0) is 11.5. The van der Waals surface area contributed by atoms with Crippen LogP contribution in [0.25, 0.3) is 0 Å². The Kier molecular flexibility index (Phi) is 3.31. The second kappa shape index (κ2) is 4.72. The van der Waals surface area contributed by atoms with Gasteiger partial charge in [-0.1, -0.05) is 11.6 Å². The van der Waals surface area contributed by atoms with Crippen molar-refractivity contribution in [1.29, 1.82) is 0 Å². The second-order valence-electron chi connectivity index (χ2n) is 3.51. The van der Waals surface area contributed by atoms with Crippen LogP contribution in [0.1, 0.15) is 10.4 Å². The van der Waals surface area contributed by atoms with Crippen LogP contribution < -0.4 is 10.1 Å². The third kappa shape index (κ3) is 2.65. The smallest absolute Gasteiger partial charge is 0.255 e. The molecule has 1 saturated heterocycles. The summed E-state index contributed by atoms with van der Waals surface area (Å²) < 4.78 is 10.1. The molecule has 86 valence electrons. The van der Waals surface area contributed by atoms with E-state index in [-0.39, 0.29) is 12.0 Å². The third-order valence-electron chi connectivity index (χ3n) is 2.30. The molecule has 16 heavy (non-hydrogen) atoms. The van der Waals surface area contributed by atoms with Crippen molar-refractivity contribution in [2.24, 2.45) is 0 Å². The van der Waals surface area contributed by atoms with Crippen molar-refractivity contribution in [2.45, 2.75) is 6.10 Å². The summed E-state index contributed by atoms with van der Waals surface area (Å²) in [5, 5.41) is 3.27. The average molecular weight is 242 g/mol. The Morgan fingerprint density at radius 1 is 1.69 bits per heavy atom. The number of halogens is 1. The maximum Gasteiger partial charge on any atom is 0.255 e. The molecule has 2 rings (SSSR count). The first kappa shape index (κ1) is 11.2. The first-order chi connectivity index (χ1) is 7.70. The normalized spacial score (nSPS) is 18.0. The zero-order valence-corrected chi connectivity index (χ0v) is 9.58.